The van der Waals surface area contributed by atoms with Gasteiger partial charge in [-0.05, 0) is 32.1 Å². The summed E-state index contributed by atoms with van der Waals surface area (Å²) in [5, 5.41) is 4.34. The second kappa shape index (κ2) is 5.55. The van der Waals surface area contributed by atoms with Crippen LogP contribution in [0.2, 0.25) is 0 Å². The lowest BCUT2D eigenvalue weighted by Gasteiger charge is -2.29. The van der Waals surface area contributed by atoms with E-state index >= 15 is 0 Å². The molecule has 15 heavy (non-hydrogen) atoms. The zero-order valence-electron chi connectivity index (χ0n) is 10.0. The molecule has 0 spiro atoms. The second-order valence-corrected chi connectivity index (χ2v) is 6.28. The largest absolute Gasteiger partial charge is 0.316 e. The fourth-order valence-corrected chi connectivity index (χ4v) is 4.35. The van der Waals surface area contributed by atoms with Gasteiger partial charge in [0.15, 0.2) is 0 Å². The van der Waals surface area contributed by atoms with E-state index in [0.29, 0.717) is 0 Å². The first-order valence-corrected chi connectivity index (χ1v) is 7.43. The standard InChI is InChI=1S/C12H24N2S/c1-3-15-12-6-4-5-11(12)14-8-7-10(9-14)13-2/h10-13H,3-9H2,1-2H3. The topological polar surface area (TPSA) is 15.3 Å². The van der Waals surface area contributed by atoms with Crippen molar-refractivity contribution in [3.8, 4) is 0 Å². The molecule has 1 N–H and O–H groups in total. The van der Waals surface area contributed by atoms with Crippen LogP contribution in [0.4, 0.5) is 0 Å². The highest BCUT2D eigenvalue weighted by Gasteiger charge is 2.35. The van der Waals surface area contributed by atoms with Gasteiger partial charge < -0.3 is 5.32 Å². The normalized spacial score (nSPS) is 37.6. The van der Waals surface area contributed by atoms with Crippen LogP contribution in [0.25, 0.3) is 0 Å². The maximum atomic E-state index is 3.42. The van der Waals surface area contributed by atoms with E-state index in [1.54, 1.807) is 0 Å². The molecule has 2 fully saturated rings. The van der Waals surface area contributed by atoms with Crippen molar-refractivity contribution in [2.45, 2.75) is 49.9 Å². The number of likely N-dealkylation sites (tertiary alicyclic amines) is 1. The quantitative estimate of drug-likeness (QED) is 0.792. The molecule has 0 aromatic heterocycles. The Hall–Kier alpha value is 0.270. The highest BCUT2D eigenvalue weighted by atomic mass is 32.2. The maximum absolute atomic E-state index is 3.42. The van der Waals surface area contributed by atoms with Gasteiger partial charge in [-0.1, -0.05) is 13.3 Å². The van der Waals surface area contributed by atoms with Crippen LogP contribution in [0.5, 0.6) is 0 Å². The van der Waals surface area contributed by atoms with Gasteiger partial charge >= 0.3 is 0 Å². The molecule has 3 unspecified atom stereocenters. The van der Waals surface area contributed by atoms with Crippen LogP contribution in [0.3, 0.4) is 0 Å². The molecule has 2 aliphatic rings. The zero-order chi connectivity index (χ0) is 10.7. The van der Waals surface area contributed by atoms with E-state index in [4.69, 9.17) is 0 Å². The fraction of sp³-hybridized carbons (Fsp3) is 1.00. The molecule has 0 radical (unpaired) electrons. The summed E-state index contributed by atoms with van der Waals surface area (Å²) < 4.78 is 0. The van der Waals surface area contributed by atoms with Gasteiger partial charge in [-0.3, -0.25) is 4.90 Å². The first-order chi connectivity index (χ1) is 7.35. The van der Waals surface area contributed by atoms with Gasteiger partial charge in [-0.25, -0.2) is 0 Å². The van der Waals surface area contributed by atoms with Crippen LogP contribution < -0.4 is 5.32 Å². The molecule has 0 aromatic rings. The molecule has 2 nitrogen and oxygen atoms in total. The predicted octanol–water partition coefficient (Wildman–Crippen LogP) is 1.95. The Balaban J connectivity index is 1.87. The SMILES string of the molecule is CCSC1CCCC1N1CCC(NC)C1. The Morgan fingerprint density at radius 3 is 2.87 bits per heavy atom. The fourth-order valence-electron chi connectivity index (χ4n) is 3.06. The molecule has 1 aliphatic carbocycles. The number of nitrogens with zero attached hydrogens (tertiary/aromatic N) is 1. The Kier molecular flexibility index (Phi) is 4.35. The third-order valence-electron chi connectivity index (χ3n) is 3.90. The Morgan fingerprint density at radius 2 is 2.20 bits per heavy atom. The molecule has 1 saturated heterocycles. The summed E-state index contributed by atoms with van der Waals surface area (Å²) in [4.78, 5) is 2.74. The van der Waals surface area contributed by atoms with Crippen LogP contribution in [-0.2, 0) is 0 Å². The van der Waals surface area contributed by atoms with Crippen molar-refractivity contribution in [3.63, 3.8) is 0 Å². The number of hydrogen-bond acceptors (Lipinski definition) is 3. The third kappa shape index (κ3) is 2.69. The molecule has 0 aromatic carbocycles. The van der Waals surface area contributed by atoms with Crippen molar-refractivity contribution in [2.75, 3.05) is 25.9 Å². The lowest BCUT2D eigenvalue weighted by molar-refractivity contribution is 0.245. The van der Waals surface area contributed by atoms with Crippen molar-refractivity contribution in [2.24, 2.45) is 0 Å². The van der Waals surface area contributed by atoms with Crippen LogP contribution in [-0.4, -0.2) is 48.1 Å². The van der Waals surface area contributed by atoms with Gasteiger partial charge in [0, 0.05) is 30.4 Å². The van der Waals surface area contributed by atoms with Crippen molar-refractivity contribution >= 4 is 11.8 Å². The first-order valence-electron chi connectivity index (χ1n) is 6.38. The summed E-state index contributed by atoms with van der Waals surface area (Å²) in [6.45, 7) is 4.89. The average Bonchev–Trinajstić information content (AvgIpc) is 2.85. The van der Waals surface area contributed by atoms with Crippen LogP contribution in [0.1, 0.15) is 32.6 Å². The van der Waals surface area contributed by atoms with E-state index in [0.717, 1.165) is 17.3 Å². The molecular formula is C12H24N2S. The average molecular weight is 228 g/mol. The first kappa shape index (κ1) is 11.7. The number of rotatable bonds is 4. The molecule has 2 rings (SSSR count). The monoisotopic (exact) mass is 228 g/mol. The summed E-state index contributed by atoms with van der Waals surface area (Å²) in [5.41, 5.74) is 0. The van der Waals surface area contributed by atoms with Crippen LogP contribution in [0.15, 0.2) is 0 Å². The minimum Gasteiger partial charge on any atom is -0.316 e. The Bertz CT molecular complexity index is 198. The molecule has 1 heterocycles. The van der Waals surface area contributed by atoms with Gasteiger partial charge in [-0.2, -0.15) is 11.8 Å². The molecule has 3 atom stereocenters. The van der Waals surface area contributed by atoms with Gasteiger partial charge in [0.1, 0.15) is 0 Å². The van der Waals surface area contributed by atoms with Gasteiger partial charge in [0.05, 0.1) is 0 Å². The van der Waals surface area contributed by atoms with E-state index in [1.165, 1.54) is 44.5 Å². The number of likely N-dealkylation sites (N-methyl/N-ethyl adjacent to an activating group) is 1. The zero-order valence-corrected chi connectivity index (χ0v) is 10.9. The molecular weight excluding hydrogens is 204 g/mol. The van der Waals surface area contributed by atoms with Gasteiger partial charge in [-0.15, -0.1) is 0 Å². The number of thioether (sulfide) groups is 1. The Morgan fingerprint density at radius 1 is 1.33 bits per heavy atom. The highest BCUT2D eigenvalue weighted by molar-refractivity contribution is 7.99. The summed E-state index contributed by atoms with van der Waals surface area (Å²) in [6.07, 6.45) is 5.68. The Labute approximate surface area is 98.2 Å². The van der Waals surface area contributed by atoms with E-state index in [1.807, 2.05) is 0 Å². The highest BCUT2D eigenvalue weighted by Crippen LogP contribution is 2.34. The minimum absolute atomic E-state index is 0.748. The van der Waals surface area contributed by atoms with Gasteiger partial charge in [0.2, 0.25) is 0 Å². The molecule has 1 saturated carbocycles. The van der Waals surface area contributed by atoms with Crippen molar-refractivity contribution in [3.05, 3.63) is 0 Å². The van der Waals surface area contributed by atoms with Gasteiger partial charge in [0.25, 0.3) is 0 Å². The maximum Gasteiger partial charge on any atom is 0.0215 e. The minimum atomic E-state index is 0.748. The van der Waals surface area contributed by atoms with E-state index in [-0.39, 0.29) is 0 Å². The molecule has 0 amide bonds. The van der Waals surface area contributed by atoms with E-state index < -0.39 is 0 Å². The lowest BCUT2D eigenvalue weighted by atomic mass is 10.2. The third-order valence-corrected chi connectivity index (χ3v) is 5.21. The summed E-state index contributed by atoms with van der Waals surface area (Å²) >= 11 is 2.18. The van der Waals surface area contributed by atoms with Crippen LogP contribution in [0, 0.1) is 0 Å². The predicted molar refractivity (Wildman–Crippen MR) is 68.6 cm³/mol. The summed E-state index contributed by atoms with van der Waals surface area (Å²) in [6, 6.07) is 1.63. The van der Waals surface area contributed by atoms with Crippen molar-refractivity contribution < 1.29 is 0 Å². The summed E-state index contributed by atoms with van der Waals surface area (Å²) in [7, 11) is 2.10. The smallest absolute Gasteiger partial charge is 0.0215 e. The van der Waals surface area contributed by atoms with Crippen molar-refractivity contribution in [1.29, 1.82) is 0 Å². The molecule has 0 bridgehead atoms. The molecule has 1 aliphatic heterocycles. The molecule has 3 heteroatoms. The number of hydrogen-bond donors (Lipinski definition) is 1. The van der Waals surface area contributed by atoms with Crippen molar-refractivity contribution in [1.82, 2.24) is 10.2 Å². The lowest BCUT2D eigenvalue weighted by Crippen LogP contribution is -2.39. The summed E-state index contributed by atoms with van der Waals surface area (Å²) in [5.74, 6) is 1.28. The van der Waals surface area contributed by atoms with E-state index in [2.05, 4.69) is 35.9 Å². The second-order valence-electron chi connectivity index (χ2n) is 4.76. The van der Waals surface area contributed by atoms with E-state index in [9.17, 15) is 0 Å². The molecule has 88 valence electrons. The number of nitrogens with one attached hydrogen (secondary N) is 1. The van der Waals surface area contributed by atoms with Crippen LogP contribution >= 0.6 is 11.8 Å².